The fourth-order valence-electron chi connectivity index (χ4n) is 2.39. The predicted molar refractivity (Wildman–Crippen MR) is 68.1 cm³/mol. The van der Waals surface area contributed by atoms with E-state index in [0.717, 1.165) is 0 Å². The number of carbonyl (C=O) groups excluding carboxylic acids is 2. The highest BCUT2D eigenvalue weighted by Crippen LogP contribution is 2.34. The molecule has 0 aromatic heterocycles. The first-order valence-corrected chi connectivity index (χ1v) is 6.15. The lowest BCUT2D eigenvalue weighted by Crippen LogP contribution is -2.27. The second-order valence-electron chi connectivity index (χ2n) is 4.77. The van der Waals surface area contributed by atoms with Gasteiger partial charge in [0.1, 0.15) is 5.75 Å². The summed E-state index contributed by atoms with van der Waals surface area (Å²) < 4.78 is 5.27. The van der Waals surface area contributed by atoms with E-state index in [1.165, 1.54) is 0 Å². The van der Waals surface area contributed by atoms with Crippen LogP contribution in [0, 0.1) is 5.92 Å². The Morgan fingerprint density at radius 2 is 2.26 bits per heavy atom. The van der Waals surface area contributed by atoms with Crippen LogP contribution in [0.5, 0.6) is 5.75 Å². The smallest absolute Gasteiger partial charge is 0.262 e. The largest absolute Gasteiger partial charge is 0.482 e. The number of fused-ring (bicyclic) bond motifs is 1. The zero-order chi connectivity index (χ0) is 13.4. The van der Waals surface area contributed by atoms with Crippen LogP contribution >= 0.6 is 0 Å². The highest BCUT2D eigenvalue weighted by atomic mass is 16.5. The Balaban J connectivity index is 1.88. The number of amides is 2. The molecule has 0 spiro atoms. The standard InChI is InChI=1S/C13H14N2O4/c16-6-8-3-13(18)15(5-8)9-1-2-11-10(4-9)14-12(17)7-19-11/h1-2,4,8,16H,3,5-7H2,(H,14,17). The van der Waals surface area contributed by atoms with Gasteiger partial charge >= 0.3 is 0 Å². The summed E-state index contributed by atoms with van der Waals surface area (Å²) in [6, 6.07) is 5.25. The van der Waals surface area contributed by atoms with Gasteiger partial charge < -0.3 is 20.1 Å². The second-order valence-corrected chi connectivity index (χ2v) is 4.77. The van der Waals surface area contributed by atoms with Crippen molar-refractivity contribution >= 4 is 23.2 Å². The Morgan fingerprint density at radius 1 is 1.42 bits per heavy atom. The molecule has 1 saturated heterocycles. The zero-order valence-electron chi connectivity index (χ0n) is 10.3. The van der Waals surface area contributed by atoms with E-state index in [9.17, 15) is 9.59 Å². The van der Waals surface area contributed by atoms with Crippen molar-refractivity contribution in [2.24, 2.45) is 5.92 Å². The van der Waals surface area contributed by atoms with Gasteiger partial charge in [-0.05, 0) is 18.2 Å². The molecule has 0 bridgehead atoms. The van der Waals surface area contributed by atoms with E-state index in [-0.39, 0.29) is 30.9 Å². The molecule has 2 aliphatic rings. The van der Waals surface area contributed by atoms with Gasteiger partial charge in [0, 0.05) is 31.2 Å². The zero-order valence-corrected chi connectivity index (χ0v) is 10.3. The normalized spacial score (nSPS) is 21.9. The summed E-state index contributed by atoms with van der Waals surface area (Å²) in [6.45, 7) is 0.525. The van der Waals surface area contributed by atoms with Gasteiger partial charge in [0.05, 0.1) is 5.69 Å². The van der Waals surface area contributed by atoms with E-state index in [1.807, 2.05) is 0 Å². The number of hydrogen-bond donors (Lipinski definition) is 2. The average molecular weight is 262 g/mol. The molecular weight excluding hydrogens is 248 g/mol. The molecule has 2 heterocycles. The maximum absolute atomic E-state index is 11.9. The van der Waals surface area contributed by atoms with Crippen molar-refractivity contribution in [2.75, 3.05) is 30.0 Å². The molecule has 1 fully saturated rings. The van der Waals surface area contributed by atoms with Crippen molar-refractivity contribution in [1.29, 1.82) is 0 Å². The van der Waals surface area contributed by atoms with E-state index in [4.69, 9.17) is 9.84 Å². The number of carbonyl (C=O) groups is 2. The maximum Gasteiger partial charge on any atom is 0.262 e. The predicted octanol–water partition coefficient (Wildman–Crippen LogP) is 0.363. The summed E-state index contributed by atoms with van der Waals surface area (Å²) in [4.78, 5) is 24.8. The minimum absolute atomic E-state index is 0.00697. The number of benzene rings is 1. The van der Waals surface area contributed by atoms with Crippen molar-refractivity contribution < 1.29 is 19.4 Å². The summed E-state index contributed by atoms with van der Waals surface area (Å²) in [5.41, 5.74) is 1.29. The van der Waals surface area contributed by atoms with Gasteiger partial charge in [-0.15, -0.1) is 0 Å². The van der Waals surface area contributed by atoms with Crippen LogP contribution in [0.15, 0.2) is 18.2 Å². The molecule has 2 amide bonds. The van der Waals surface area contributed by atoms with Gasteiger partial charge in [-0.2, -0.15) is 0 Å². The van der Waals surface area contributed by atoms with Gasteiger partial charge in [0.25, 0.3) is 5.91 Å². The molecule has 6 nitrogen and oxygen atoms in total. The lowest BCUT2D eigenvalue weighted by atomic mass is 10.1. The number of hydrogen-bond acceptors (Lipinski definition) is 4. The van der Waals surface area contributed by atoms with E-state index < -0.39 is 0 Å². The summed E-state index contributed by atoms with van der Waals surface area (Å²) in [7, 11) is 0. The molecule has 6 heteroatoms. The molecule has 0 aliphatic carbocycles. The first-order valence-electron chi connectivity index (χ1n) is 6.15. The Kier molecular flexibility index (Phi) is 2.87. The lowest BCUT2D eigenvalue weighted by molar-refractivity contribution is -0.118. The number of rotatable bonds is 2. The van der Waals surface area contributed by atoms with Crippen LogP contribution in [0.2, 0.25) is 0 Å². The van der Waals surface area contributed by atoms with Crippen LogP contribution in [0.1, 0.15) is 6.42 Å². The molecule has 0 radical (unpaired) electrons. The third-order valence-corrected chi connectivity index (χ3v) is 3.37. The van der Waals surface area contributed by atoms with Crippen molar-refractivity contribution in [3.05, 3.63) is 18.2 Å². The third kappa shape index (κ3) is 2.15. The Bertz CT molecular complexity index is 543. The summed E-state index contributed by atoms with van der Waals surface area (Å²) in [6.07, 6.45) is 0.358. The molecule has 2 aliphatic heterocycles. The van der Waals surface area contributed by atoms with Crippen molar-refractivity contribution in [1.82, 2.24) is 0 Å². The molecule has 2 N–H and O–H groups in total. The first kappa shape index (κ1) is 12.0. The maximum atomic E-state index is 11.9. The Labute approximate surface area is 110 Å². The number of nitrogens with zero attached hydrogens (tertiary/aromatic N) is 1. The molecule has 100 valence electrons. The first-order chi connectivity index (χ1) is 9.17. The minimum atomic E-state index is -0.203. The van der Waals surface area contributed by atoms with Crippen molar-refractivity contribution in [2.45, 2.75) is 6.42 Å². The Hall–Kier alpha value is -2.08. The van der Waals surface area contributed by atoms with Gasteiger partial charge in [-0.3, -0.25) is 9.59 Å². The minimum Gasteiger partial charge on any atom is -0.482 e. The number of aliphatic hydroxyl groups excluding tert-OH is 1. The highest BCUT2D eigenvalue weighted by molar-refractivity contribution is 5.99. The van der Waals surface area contributed by atoms with Crippen LogP contribution in [-0.2, 0) is 9.59 Å². The fraction of sp³-hybridized carbons (Fsp3) is 0.385. The van der Waals surface area contributed by atoms with Crippen molar-refractivity contribution in [3.8, 4) is 5.75 Å². The number of anilines is 2. The van der Waals surface area contributed by atoms with Gasteiger partial charge in [-0.1, -0.05) is 0 Å². The number of aliphatic hydroxyl groups is 1. The second kappa shape index (κ2) is 4.55. The molecule has 0 saturated carbocycles. The molecule has 1 atom stereocenters. The van der Waals surface area contributed by atoms with Crippen LogP contribution < -0.4 is 15.0 Å². The SMILES string of the molecule is O=C1COc2ccc(N3CC(CO)CC3=O)cc2N1. The molecule has 19 heavy (non-hydrogen) atoms. The van der Waals surface area contributed by atoms with E-state index in [0.29, 0.717) is 30.1 Å². The third-order valence-electron chi connectivity index (χ3n) is 3.37. The molecule has 1 unspecified atom stereocenters. The monoisotopic (exact) mass is 262 g/mol. The highest BCUT2D eigenvalue weighted by Gasteiger charge is 2.30. The van der Waals surface area contributed by atoms with Crippen LogP contribution in [0.3, 0.4) is 0 Å². The summed E-state index contributed by atoms with van der Waals surface area (Å²) in [5, 5.41) is 11.8. The van der Waals surface area contributed by atoms with Crippen LogP contribution in [0.25, 0.3) is 0 Å². The summed E-state index contributed by atoms with van der Waals surface area (Å²) in [5.74, 6) is 0.371. The van der Waals surface area contributed by atoms with Gasteiger partial charge in [0.15, 0.2) is 6.61 Å². The van der Waals surface area contributed by atoms with E-state index >= 15 is 0 Å². The molecule has 1 aromatic carbocycles. The molecule has 3 rings (SSSR count). The van der Waals surface area contributed by atoms with Gasteiger partial charge in [-0.25, -0.2) is 0 Å². The number of ether oxygens (including phenoxy) is 1. The lowest BCUT2D eigenvalue weighted by Gasteiger charge is -2.22. The molecular formula is C13H14N2O4. The number of nitrogens with one attached hydrogen (secondary N) is 1. The molecule has 1 aromatic rings. The Morgan fingerprint density at radius 3 is 3.00 bits per heavy atom. The quantitative estimate of drug-likeness (QED) is 0.806. The van der Waals surface area contributed by atoms with E-state index in [1.54, 1.807) is 23.1 Å². The van der Waals surface area contributed by atoms with Crippen LogP contribution in [-0.4, -0.2) is 36.7 Å². The van der Waals surface area contributed by atoms with Crippen LogP contribution in [0.4, 0.5) is 11.4 Å². The van der Waals surface area contributed by atoms with Crippen molar-refractivity contribution in [3.63, 3.8) is 0 Å². The van der Waals surface area contributed by atoms with Gasteiger partial charge in [0.2, 0.25) is 5.91 Å². The summed E-state index contributed by atoms with van der Waals surface area (Å²) >= 11 is 0. The average Bonchev–Trinajstić information content (AvgIpc) is 2.79. The fourth-order valence-corrected chi connectivity index (χ4v) is 2.39. The topological polar surface area (TPSA) is 78.9 Å². The van der Waals surface area contributed by atoms with E-state index in [2.05, 4.69) is 5.32 Å².